The van der Waals surface area contributed by atoms with Crippen molar-refractivity contribution in [3.63, 3.8) is 0 Å². The molecule has 0 unspecified atom stereocenters. The molecule has 2 aromatic rings. The second kappa shape index (κ2) is 14.7. The molecule has 3 heterocycles. The number of benzene rings is 2. The molecule has 11 heteroatoms. The Kier molecular flexibility index (Phi) is 10.8. The van der Waals surface area contributed by atoms with E-state index in [9.17, 15) is 23.1 Å². The molecule has 0 radical (unpaired) electrons. The van der Waals surface area contributed by atoms with Crippen LogP contribution >= 0.6 is 0 Å². The fourth-order valence-corrected chi connectivity index (χ4v) is 9.22. The van der Waals surface area contributed by atoms with Crippen LogP contribution in [0.4, 0.5) is 18.9 Å². The highest BCUT2D eigenvalue weighted by atomic mass is 19.4. The number of methoxy groups -OCH3 is 2. The van der Waals surface area contributed by atoms with E-state index < -0.39 is 29.0 Å². The Morgan fingerprint density at radius 1 is 0.960 bits per heavy atom. The van der Waals surface area contributed by atoms with Gasteiger partial charge in [-0.05, 0) is 93.2 Å². The van der Waals surface area contributed by atoms with Crippen LogP contribution in [-0.2, 0) is 20.5 Å². The molecule has 50 heavy (non-hydrogen) atoms. The summed E-state index contributed by atoms with van der Waals surface area (Å²) in [6, 6.07) is 12.2. The highest BCUT2D eigenvalue weighted by Crippen LogP contribution is 2.49. The van der Waals surface area contributed by atoms with E-state index in [4.69, 9.17) is 9.47 Å². The number of amides is 1. The van der Waals surface area contributed by atoms with E-state index in [2.05, 4.69) is 30.9 Å². The number of ether oxygens (including phenoxy) is 2. The van der Waals surface area contributed by atoms with Gasteiger partial charge in [-0.3, -0.25) is 14.5 Å². The maximum absolute atomic E-state index is 15.1. The van der Waals surface area contributed by atoms with Crippen molar-refractivity contribution in [3.05, 3.63) is 59.2 Å². The van der Waals surface area contributed by atoms with Gasteiger partial charge in [0, 0.05) is 63.4 Å². The largest absolute Gasteiger partial charge is 0.497 e. The number of aliphatic carboxylic acids is 1. The normalized spacial score (nSPS) is 29.8. The van der Waals surface area contributed by atoms with Gasteiger partial charge in [-0.15, -0.1) is 0 Å². The number of carbonyl (C=O) groups excluding carboxylic acids is 1. The fraction of sp³-hybridized carbons (Fsp3) is 0.641. The Morgan fingerprint density at radius 2 is 1.64 bits per heavy atom. The van der Waals surface area contributed by atoms with Crippen molar-refractivity contribution < 1.29 is 37.3 Å². The molecule has 0 aromatic heterocycles. The summed E-state index contributed by atoms with van der Waals surface area (Å²) in [5.74, 6) is -0.0760. The predicted octanol–water partition coefficient (Wildman–Crippen LogP) is 7.03. The second-order valence-corrected chi connectivity index (χ2v) is 15.5. The molecule has 4 aliphatic rings. The zero-order valence-corrected chi connectivity index (χ0v) is 29.8. The first-order valence-corrected chi connectivity index (χ1v) is 18.2. The molecule has 0 spiro atoms. The van der Waals surface area contributed by atoms with E-state index in [-0.39, 0.29) is 23.8 Å². The van der Waals surface area contributed by atoms with Gasteiger partial charge in [0.15, 0.2) is 0 Å². The average molecular weight is 700 g/mol. The molecule has 8 nitrogen and oxygen atoms in total. The smallest absolute Gasteiger partial charge is 0.416 e. The number of piperidine rings is 1. The van der Waals surface area contributed by atoms with E-state index in [1.165, 1.54) is 18.9 Å². The van der Waals surface area contributed by atoms with Crippen LogP contribution in [0.15, 0.2) is 42.5 Å². The van der Waals surface area contributed by atoms with Crippen molar-refractivity contribution in [2.45, 2.75) is 88.9 Å². The lowest BCUT2D eigenvalue weighted by Gasteiger charge is -2.37. The minimum atomic E-state index is -4.52. The molecule has 4 atom stereocenters. The lowest BCUT2D eigenvalue weighted by atomic mass is 9.74. The number of hydrogen-bond acceptors (Lipinski definition) is 6. The first-order valence-electron chi connectivity index (χ1n) is 18.2. The van der Waals surface area contributed by atoms with E-state index >= 15 is 4.79 Å². The number of likely N-dealkylation sites (tertiary alicyclic amines) is 2. The van der Waals surface area contributed by atoms with Crippen molar-refractivity contribution in [1.29, 1.82) is 0 Å². The van der Waals surface area contributed by atoms with Crippen molar-refractivity contribution in [3.8, 4) is 5.75 Å². The maximum Gasteiger partial charge on any atom is 0.416 e. The van der Waals surface area contributed by atoms with Gasteiger partial charge in [0.25, 0.3) is 0 Å². The monoisotopic (exact) mass is 699 g/mol. The third-order valence-corrected chi connectivity index (χ3v) is 12.2. The van der Waals surface area contributed by atoms with Gasteiger partial charge in [-0.1, -0.05) is 25.1 Å². The second-order valence-electron chi connectivity index (χ2n) is 15.5. The maximum atomic E-state index is 15.1. The quantitative estimate of drug-likeness (QED) is 0.301. The Bertz CT molecular complexity index is 1500. The van der Waals surface area contributed by atoms with Crippen LogP contribution in [0.1, 0.15) is 87.3 Å². The number of rotatable bonds is 9. The SMILES string of the molecule is COC[C@@H]1C[C@@H](c2ccc(C(F)(F)F)cc2N2CCC(C(=O)O)CC2)CN1C(=O)[C@@]1(C)CN(C2CCC(C)CC2)C[C@@H]1c1ccc(OC)cc1. The summed E-state index contributed by atoms with van der Waals surface area (Å²) < 4.78 is 53.1. The summed E-state index contributed by atoms with van der Waals surface area (Å²) in [5, 5.41) is 9.54. The Hall–Kier alpha value is -3.31. The average Bonchev–Trinajstić information content (AvgIpc) is 3.69. The molecule has 1 N–H and O–H groups in total. The molecular formula is C39H52F3N3O5. The highest BCUT2D eigenvalue weighted by Gasteiger charge is 2.54. The molecule has 3 saturated heterocycles. The number of nitrogens with zero attached hydrogens (tertiary/aromatic N) is 3. The van der Waals surface area contributed by atoms with Crippen LogP contribution in [0.2, 0.25) is 0 Å². The summed E-state index contributed by atoms with van der Waals surface area (Å²) in [6.45, 7) is 7.27. The Balaban J connectivity index is 1.31. The Labute approximate surface area is 293 Å². The number of anilines is 1. The third-order valence-electron chi connectivity index (χ3n) is 12.2. The van der Waals surface area contributed by atoms with E-state index in [1.807, 2.05) is 21.9 Å². The van der Waals surface area contributed by atoms with E-state index in [1.54, 1.807) is 20.3 Å². The summed E-state index contributed by atoms with van der Waals surface area (Å²) in [5.41, 5.74) is 0.904. The van der Waals surface area contributed by atoms with Crippen LogP contribution in [-0.4, -0.2) is 92.4 Å². The predicted molar refractivity (Wildman–Crippen MR) is 186 cm³/mol. The van der Waals surface area contributed by atoms with Crippen LogP contribution in [0, 0.1) is 17.3 Å². The van der Waals surface area contributed by atoms with Crippen molar-refractivity contribution in [2.24, 2.45) is 17.3 Å². The third kappa shape index (κ3) is 7.36. The van der Waals surface area contributed by atoms with Crippen LogP contribution in [0.3, 0.4) is 0 Å². The van der Waals surface area contributed by atoms with Gasteiger partial charge in [0.1, 0.15) is 5.75 Å². The summed E-state index contributed by atoms with van der Waals surface area (Å²) >= 11 is 0. The molecule has 1 aliphatic carbocycles. The van der Waals surface area contributed by atoms with Gasteiger partial charge in [-0.2, -0.15) is 13.2 Å². The first kappa shape index (κ1) is 36.5. The number of halogens is 3. The molecule has 3 aliphatic heterocycles. The molecule has 6 rings (SSSR count). The van der Waals surface area contributed by atoms with Crippen molar-refractivity contribution in [2.75, 3.05) is 58.5 Å². The minimum Gasteiger partial charge on any atom is -0.497 e. The lowest BCUT2D eigenvalue weighted by Crippen LogP contribution is -2.49. The molecule has 0 bridgehead atoms. The summed E-state index contributed by atoms with van der Waals surface area (Å²) in [4.78, 5) is 33.1. The lowest BCUT2D eigenvalue weighted by molar-refractivity contribution is -0.143. The summed E-state index contributed by atoms with van der Waals surface area (Å²) in [6.07, 6.45) is 1.41. The number of carbonyl (C=O) groups is 2. The standard InChI is InChI=1S/C39H52F3N3O5/c1-25-5-10-30(11-6-25)44-22-34(26-7-12-32(50-4)13-8-26)38(2,24-44)37(48)45-21-28(19-31(45)23-49-3)33-14-9-29(39(40,41)42)20-35(33)43-17-15-27(16-18-43)36(46)47/h7-9,12-14,20,25,27-28,30-31,34H,5-6,10-11,15-19,21-24H2,1-4H3,(H,46,47)/t25?,28-,30?,31+,34-,38+/m1/s1. The molecule has 4 fully saturated rings. The first-order chi connectivity index (χ1) is 23.8. The zero-order chi connectivity index (χ0) is 35.8. The minimum absolute atomic E-state index is 0.0420. The van der Waals surface area contributed by atoms with Crippen LogP contribution in [0.25, 0.3) is 0 Å². The van der Waals surface area contributed by atoms with Crippen molar-refractivity contribution >= 4 is 17.6 Å². The highest BCUT2D eigenvalue weighted by molar-refractivity contribution is 5.85. The number of carboxylic acid groups (broad SMARTS) is 1. The Morgan fingerprint density at radius 3 is 2.24 bits per heavy atom. The molecular weight excluding hydrogens is 647 g/mol. The van der Waals surface area contributed by atoms with Crippen LogP contribution < -0.4 is 9.64 Å². The van der Waals surface area contributed by atoms with Gasteiger partial charge >= 0.3 is 12.1 Å². The van der Waals surface area contributed by atoms with Crippen LogP contribution in [0.5, 0.6) is 5.75 Å². The molecule has 1 saturated carbocycles. The molecule has 2 aromatic carbocycles. The number of carboxylic acids is 1. The molecule has 1 amide bonds. The van der Waals surface area contributed by atoms with E-state index in [0.29, 0.717) is 69.7 Å². The van der Waals surface area contributed by atoms with Crippen molar-refractivity contribution in [1.82, 2.24) is 9.80 Å². The van der Waals surface area contributed by atoms with Gasteiger partial charge in [0.05, 0.1) is 36.7 Å². The van der Waals surface area contributed by atoms with E-state index in [0.717, 1.165) is 42.3 Å². The van der Waals surface area contributed by atoms with Gasteiger partial charge < -0.3 is 24.4 Å². The molecule has 274 valence electrons. The van der Waals surface area contributed by atoms with Gasteiger partial charge in [0.2, 0.25) is 5.91 Å². The fourth-order valence-electron chi connectivity index (χ4n) is 9.22. The summed E-state index contributed by atoms with van der Waals surface area (Å²) in [7, 11) is 3.26. The van der Waals surface area contributed by atoms with Gasteiger partial charge in [-0.25, -0.2) is 0 Å². The number of hydrogen-bond donors (Lipinski definition) is 1. The topological polar surface area (TPSA) is 82.5 Å². The zero-order valence-electron chi connectivity index (χ0n) is 29.8. The number of alkyl halides is 3.